The van der Waals surface area contributed by atoms with Crippen LogP contribution in [-0.2, 0) is 0 Å². The first-order valence-electron chi connectivity index (χ1n) is 3.84. The van der Waals surface area contributed by atoms with Gasteiger partial charge in [-0.2, -0.15) is 0 Å². The second-order valence-corrected chi connectivity index (χ2v) is 8.39. The van der Waals surface area contributed by atoms with Gasteiger partial charge in [-0.25, -0.2) is 0 Å². The van der Waals surface area contributed by atoms with Gasteiger partial charge in [0.25, 0.3) is 0 Å². The Labute approximate surface area is 71.3 Å². The molecule has 0 aromatic carbocycles. The van der Waals surface area contributed by atoms with Crippen molar-refractivity contribution < 1.29 is 0 Å². The summed E-state index contributed by atoms with van der Waals surface area (Å²) in [6, 6.07) is 0. The summed E-state index contributed by atoms with van der Waals surface area (Å²) in [5.74, 6) is 0. The van der Waals surface area contributed by atoms with Gasteiger partial charge in [0, 0.05) is 0 Å². The highest BCUT2D eigenvalue weighted by Gasteiger charge is 2.35. The average molecular weight is 166 g/mol. The molecule has 0 nitrogen and oxygen atoms in total. The predicted molar refractivity (Wildman–Crippen MR) is 56.1 cm³/mol. The molecule has 0 heterocycles. The van der Waals surface area contributed by atoms with Crippen molar-refractivity contribution in [3.05, 3.63) is 36.8 Å². The summed E-state index contributed by atoms with van der Waals surface area (Å²) in [7, 11) is -1.63. The third-order valence-corrected chi connectivity index (χ3v) is 6.94. The molecule has 0 aromatic heterocycles. The minimum Gasteiger partial charge on any atom is -0.106 e. The van der Waals surface area contributed by atoms with E-state index in [0.29, 0.717) is 0 Å². The molecule has 0 aliphatic rings. The molecule has 0 N–H and O–H groups in total. The molecule has 0 spiro atoms. The lowest BCUT2D eigenvalue weighted by Gasteiger charge is -2.35. The summed E-state index contributed by atoms with van der Waals surface area (Å²) in [5.41, 5.74) is 6.10. The molecule has 0 unspecified atom stereocenters. The summed E-state index contributed by atoms with van der Waals surface area (Å²) in [6.07, 6.45) is 0. The summed E-state index contributed by atoms with van der Waals surface area (Å²) in [5, 5.41) is 0.248. The zero-order valence-corrected chi connectivity index (χ0v) is 8.85. The normalized spacial score (nSPS) is 12.3. The monoisotopic (exact) mass is 166 g/mol. The topological polar surface area (TPSA) is 0 Å². The van der Waals surface area contributed by atoms with Crippen LogP contribution in [0.3, 0.4) is 0 Å². The quantitative estimate of drug-likeness (QED) is 0.564. The van der Waals surface area contributed by atoms with Crippen LogP contribution in [0.5, 0.6) is 0 Å². The third kappa shape index (κ3) is 1.72. The molecule has 0 saturated carbocycles. The highest BCUT2D eigenvalue weighted by Crippen LogP contribution is 2.37. The van der Waals surface area contributed by atoms with E-state index in [1.54, 1.807) is 0 Å². The fourth-order valence-electron chi connectivity index (χ4n) is 1.17. The van der Waals surface area contributed by atoms with Crippen molar-refractivity contribution >= 4 is 8.07 Å². The molecule has 0 aromatic rings. The Morgan fingerprint density at radius 3 is 1.18 bits per heavy atom. The van der Waals surface area contributed by atoms with Crippen LogP contribution in [0.2, 0.25) is 5.04 Å². The lowest BCUT2D eigenvalue weighted by atomic mass is 10.2. The van der Waals surface area contributed by atoms with Crippen LogP contribution in [0.4, 0.5) is 0 Å². The first-order valence-corrected chi connectivity index (χ1v) is 6.07. The van der Waals surface area contributed by atoms with Gasteiger partial charge >= 0.3 is 0 Å². The minimum absolute atomic E-state index is 0.248. The maximum absolute atomic E-state index is 3.86. The first-order chi connectivity index (χ1) is 4.93. The van der Waals surface area contributed by atoms with Crippen molar-refractivity contribution in [1.29, 1.82) is 0 Å². The van der Waals surface area contributed by atoms with Gasteiger partial charge in [0.15, 0.2) is 0 Å². The smallest absolute Gasteiger partial charge is 0.106 e. The second-order valence-electron chi connectivity index (χ2n) is 3.80. The Kier molecular flexibility index (Phi) is 3.06. The van der Waals surface area contributed by atoms with Gasteiger partial charge in [-0.05, 0) is 5.04 Å². The zero-order valence-electron chi connectivity index (χ0n) is 7.85. The summed E-state index contributed by atoms with van der Waals surface area (Å²) < 4.78 is 0. The molecule has 0 atom stereocenters. The number of rotatable bonds is 3. The fourth-order valence-corrected chi connectivity index (χ4v) is 3.51. The van der Waals surface area contributed by atoms with Crippen LogP contribution in [0.1, 0.15) is 20.8 Å². The van der Waals surface area contributed by atoms with E-state index in [-0.39, 0.29) is 5.04 Å². The highest BCUT2D eigenvalue weighted by atomic mass is 28.3. The minimum atomic E-state index is -1.63. The van der Waals surface area contributed by atoms with Crippen molar-refractivity contribution in [2.24, 2.45) is 0 Å². The Bertz CT molecular complexity index is 150. The third-order valence-electron chi connectivity index (χ3n) is 2.31. The van der Waals surface area contributed by atoms with Crippen LogP contribution in [0, 0.1) is 0 Å². The van der Waals surface area contributed by atoms with Gasteiger partial charge in [-0.15, -0.1) is 19.7 Å². The molecule has 0 aliphatic heterocycles. The largest absolute Gasteiger partial charge is 0.129 e. The summed E-state index contributed by atoms with van der Waals surface area (Å²) in [4.78, 5) is 0. The average Bonchev–Trinajstić information content (AvgIpc) is 1.90. The molecule has 0 saturated heterocycles. The second kappa shape index (κ2) is 3.22. The lowest BCUT2D eigenvalue weighted by molar-refractivity contribution is 0.737. The standard InChI is InChI=1S/C10H18Si/c1-7-11(8-2,9-3)10(4,5)6/h7-9H,1-3H2,4-6H3. The van der Waals surface area contributed by atoms with Crippen LogP contribution in [0.15, 0.2) is 36.8 Å². The van der Waals surface area contributed by atoms with E-state index >= 15 is 0 Å². The SMILES string of the molecule is C=C[Si](C=C)(C=C)C(C)(C)C. The summed E-state index contributed by atoms with van der Waals surface area (Å²) >= 11 is 0. The van der Waals surface area contributed by atoms with E-state index in [4.69, 9.17) is 0 Å². The molecule has 62 valence electrons. The van der Waals surface area contributed by atoms with Gasteiger partial charge < -0.3 is 0 Å². The van der Waals surface area contributed by atoms with Gasteiger partial charge in [0.1, 0.15) is 8.07 Å². The van der Waals surface area contributed by atoms with Crippen molar-refractivity contribution in [1.82, 2.24) is 0 Å². The van der Waals surface area contributed by atoms with Gasteiger partial charge in [-0.3, -0.25) is 0 Å². The molecular weight excluding hydrogens is 148 g/mol. The van der Waals surface area contributed by atoms with Crippen molar-refractivity contribution in [3.63, 3.8) is 0 Å². The molecule has 11 heavy (non-hydrogen) atoms. The molecule has 0 fully saturated rings. The zero-order chi connectivity index (χ0) is 9.12. The predicted octanol–water partition coefficient (Wildman–Crippen LogP) is 3.41. The lowest BCUT2D eigenvalue weighted by Crippen LogP contribution is -2.38. The molecule has 0 amide bonds. The van der Waals surface area contributed by atoms with Crippen LogP contribution >= 0.6 is 0 Å². The Balaban J connectivity index is 4.99. The fraction of sp³-hybridized carbons (Fsp3) is 0.400. The molecular formula is C10H18Si. The molecule has 0 rings (SSSR count). The highest BCUT2D eigenvalue weighted by molar-refractivity contribution is 6.95. The van der Waals surface area contributed by atoms with E-state index in [1.807, 2.05) is 17.1 Å². The first kappa shape index (κ1) is 10.4. The van der Waals surface area contributed by atoms with Crippen molar-refractivity contribution in [2.45, 2.75) is 25.8 Å². The number of hydrogen-bond acceptors (Lipinski definition) is 0. The molecule has 1 heteroatoms. The van der Waals surface area contributed by atoms with E-state index in [9.17, 15) is 0 Å². The molecule has 0 aliphatic carbocycles. The van der Waals surface area contributed by atoms with Crippen LogP contribution in [-0.4, -0.2) is 8.07 Å². The number of hydrogen-bond donors (Lipinski definition) is 0. The van der Waals surface area contributed by atoms with Crippen molar-refractivity contribution in [3.8, 4) is 0 Å². The molecule has 0 bridgehead atoms. The summed E-state index contributed by atoms with van der Waals surface area (Å²) in [6.45, 7) is 18.2. The van der Waals surface area contributed by atoms with E-state index in [1.165, 1.54) is 0 Å². The van der Waals surface area contributed by atoms with Gasteiger partial charge in [0.05, 0.1) is 0 Å². The Morgan fingerprint density at radius 2 is 1.18 bits per heavy atom. The molecule has 0 radical (unpaired) electrons. The Morgan fingerprint density at radius 1 is 0.909 bits per heavy atom. The van der Waals surface area contributed by atoms with E-state index in [0.717, 1.165) is 0 Å². The van der Waals surface area contributed by atoms with Gasteiger partial charge in [-0.1, -0.05) is 37.9 Å². The van der Waals surface area contributed by atoms with E-state index < -0.39 is 8.07 Å². The Hall–Kier alpha value is -0.563. The maximum atomic E-state index is 3.86. The van der Waals surface area contributed by atoms with E-state index in [2.05, 4.69) is 40.5 Å². The van der Waals surface area contributed by atoms with Crippen LogP contribution < -0.4 is 0 Å². The van der Waals surface area contributed by atoms with Gasteiger partial charge in [0.2, 0.25) is 0 Å². The van der Waals surface area contributed by atoms with Crippen LogP contribution in [0.25, 0.3) is 0 Å². The maximum Gasteiger partial charge on any atom is 0.129 e. The van der Waals surface area contributed by atoms with Crippen molar-refractivity contribution in [2.75, 3.05) is 0 Å².